The monoisotopic (exact) mass is 310 g/mol. The molecule has 0 aromatic heterocycles. The van der Waals surface area contributed by atoms with Crippen LogP contribution in [0, 0.1) is 0 Å². The molecule has 22 heavy (non-hydrogen) atoms. The zero-order chi connectivity index (χ0) is 16.0. The maximum absolute atomic E-state index is 12.1. The van der Waals surface area contributed by atoms with Gasteiger partial charge >= 0.3 is 6.09 Å². The molecule has 0 spiro atoms. The second-order valence-electron chi connectivity index (χ2n) is 7.95. The largest absolute Gasteiger partial charge is 0.444 e. The van der Waals surface area contributed by atoms with Gasteiger partial charge in [0.1, 0.15) is 5.60 Å². The Morgan fingerprint density at radius 1 is 0.909 bits per heavy atom. The maximum atomic E-state index is 12.1. The van der Waals surface area contributed by atoms with Gasteiger partial charge in [0.25, 0.3) is 0 Å². The zero-order valence-corrected chi connectivity index (χ0v) is 14.7. The van der Waals surface area contributed by atoms with Crippen molar-refractivity contribution in [1.29, 1.82) is 0 Å². The third kappa shape index (κ3) is 6.15. The molecule has 1 N–H and O–H groups in total. The summed E-state index contributed by atoms with van der Waals surface area (Å²) < 4.78 is 5.46. The Labute approximate surface area is 136 Å². The van der Waals surface area contributed by atoms with Crippen LogP contribution in [-0.4, -0.2) is 41.8 Å². The van der Waals surface area contributed by atoms with Gasteiger partial charge in [-0.15, -0.1) is 0 Å². The highest BCUT2D eigenvalue weighted by Gasteiger charge is 2.27. The summed E-state index contributed by atoms with van der Waals surface area (Å²) in [6.07, 6.45) is 11.6. The molecule has 4 nitrogen and oxygen atoms in total. The molecule has 1 amide bonds. The van der Waals surface area contributed by atoms with E-state index >= 15 is 0 Å². The van der Waals surface area contributed by atoms with E-state index in [1.54, 1.807) is 0 Å². The minimum absolute atomic E-state index is 0.156. The van der Waals surface area contributed by atoms with E-state index in [1.165, 1.54) is 44.9 Å². The molecule has 0 unspecified atom stereocenters. The van der Waals surface area contributed by atoms with Crippen LogP contribution in [0.15, 0.2) is 0 Å². The van der Waals surface area contributed by atoms with Gasteiger partial charge in [0.15, 0.2) is 0 Å². The van der Waals surface area contributed by atoms with Crippen LogP contribution >= 0.6 is 0 Å². The SMILES string of the molecule is CC(C)(C)OC(=O)N1CCC(NC2CCCCCCC2)CC1. The predicted octanol–water partition coefficient (Wildman–Crippen LogP) is 4.09. The number of carbonyl (C=O) groups excluding carboxylic acids is 1. The van der Waals surface area contributed by atoms with Crippen molar-refractivity contribution in [3.05, 3.63) is 0 Å². The van der Waals surface area contributed by atoms with Gasteiger partial charge in [-0.3, -0.25) is 0 Å². The van der Waals surface area contributed by atoms with Crippen molar-refractivity contribution in [2.24, 2.45) is 0 Å². The minimum atomic E-state index is -0.398. The molecule has 1 saturated heterocycles. The molecule has 0 aromatic carbocycles. The van der Waals surface area contributed by atoms with Gasteiger partial charge in [0.2, 0.25) is 0 Å². The predicted molar refractivity (Wildman–Crippen MR) is 90.1 cm³/mol. The Morgan fingerprint density at radius 2 is 1.41 bits per heavy atom. The first-order chi connectivity index (χ1) is 10.4. The van der Waals surface area contributed by atoms with E-state index in [9.17, 15) is 4.79 Å². The summed E-state index contributed by atoms with van der Waals surface area (Å²) in [6.45, 7) is 7.41. The molecule has 0 bridgehead atoms. The van der Waals surface area contributed by atoms with E-state index in [0.29, 0.717) is 12.1 Å². The van der Waals surface area contributed by atoms with Gasteiger partial charge in [0, 0.05) is 25.2 Å². The first-order valence-corrected chi connectivity index (χ1v) is 9.18. The number of hydrogen-bond donors (Lipinski definition) is 1. The first kappa shape index (κ1) is 17.6. The smallest absolute Gasteiger partial charge is 0.410 e. The third-order valence-electron chi connectivity index (χ3n) is 4.72. The number of nitrogens with zero attached hydrogens (tertiary/aromatic N) is 1. The molecule has 2 fully saturated rings. The highest BCUT2D eigenvalue weighted by Crippen LogP contribution is 2.20. The normalized spacial score (nSPS) is 23.0. The molecule has 0 atom stereocenters. The van der Waals surface area contributed by atoms with E-state index < -0.39 is 5.60 Å². The maximum Gasteiger partial charge on any atom is 0.410 e. The highest BCUT2D eigenvalue weighted by molar-refractivity contribution is 5.68. The fourth-order valence-electron chi connectivity index (χ4n) is 3.51. The van der Waals surface area contributed by atoms with Gasteiger partial charge in [0.05, 0.1) is 0 Å². The number of hydrogen-bond acceptors (Lipinski definition) is 3. The number of ether oxygens (including phenoxy) is 1. The fourth-order valence-corrected chi connectivity index (χ4v) is 3.51. The molecular weight excluding hydrogens is 276 g/mol. The number of piperidine rings is 1. The summed E-state index contributed by atoms with van der Waals surface area (Å²) in [5.41, 5.74) is -0.398. The van der Waals surface area contributed by atoms with Crippen LogP contribution in [0.5, 0.6) is 0 Å². The molecule has 2 rings (SSSR count). The Hall–Kier alpha value is -0.770. The second-order valence-corrected chi connectivity index (χ2v) is 7.95. The average Bonchev–Trinajstić information content (AvgIpc) is 2.40. The second kappa shape index (κ2) is 8.19. The number of likely N-dealkylation sites (tertiary alicyclic amines) is 1. The Balaban J connectivity index is 1.71. The summed E-state index contributed by atoms with van der Waals surface area (Å²) in [5, 5.41) is 3.85. The van der Waals surface area contributed by atoms with Crippen LogP contribution in [0.25, 0.3) is 0 Å². The quantitative estimate of drug-likeness (QED) is 0.835. The lowest BCUT2D eigenvalue weighted by atomic mass is 9.95. The Kier molecular flexibility index (Phi) is 6.54. The average molecular weight is 310 g/mol. The van der Waals surface area contributed by atoms with E-state index in [4.69, 9.17) is 4.74 Å². The standard InChI is InChI=1S/C18H34N2O2/c1-18(2,3)22-17(21)20-13-11-16(12-14-20)19-15-9-7-5-4-6-8-10-15/h15-16,19H,4-14H2,1-3H3. The summed E-state index contributed by atoms with van der Waals surface area (Å²) in [5.74, 6) is 0. The Bertz CT molecular complexity index is 335. The number of nitrogens with one attached hydrogen (secondary N) is 1. The summed E-state index contributed by atoms with van der Waals surface area (Å²) in [6, 6.07) is 1.27. The van der Waals surface area contributed by atoms with Crippen molar-refractivity contribution < 1.29 is 9.53 Å². The highest BCUT2D eigenvalue weighted by atomic mass is 16.6. The molecule has 4 heteroatoms. The minimum Gasteiger partial charge on any atom is -0.444 e. The van der Waals surface area contributed by atoms with Gasteiger partial charge in [-0.1, -0.05) is 32.1 Å². The number of carbonyl (C=O) groups is 1. The van der Waals surface area contributed by atoms with Crippen LogP contribution in [0.3, 0.4) is 0 Å². The van der Waals surface area contributed by atoms with Crippen molar-refractivity contribution >= 4 is 6.09 Å². The van der Waals surface area contributed by atoms with Gasteiger partial charge in [-0.2, -0.15) is 0 Å². The van der Waals surface area contributed by atoms with Crippen molar-refractivity contribution in [1.82, 2.24) is 10.2 Å². The Morgan fingerprint density at radius 3 is 1.95 bits per heavy atom. The molecular formula is C18H34N2O2. The van der Waals surface area contributed by atoms with Gasteiger partial charge < -0.3 is 15.0 Å². The molecule has 128 valence electrons. The van der Waals surface area contributed by atoms with E-state index in [1.807, 2.05) is 25.7 Å². The summed E-state index contributed by atoms with van der Waals surface area (Å²) >= 11 is 0. The number of rotatable bonds is 2. The molecule has 1 aliphatic carbocycles. The van der Waals surface area contributed by atoms with Crippen molar-refractivity contribution in [3.63, 3.8) is 0 Å². The molecule has 0 radical (unpaired) electrons. The summed E-state index contributed by atoms with van der Waals surface area (Å²) in [4.78, 5) is 13.9. The van der Waals surface area contributed by atoms with Gasteiger partial charge in [-0.05, 0) is 46.5 Å². The van der Waals surface area contributed by atoms with Crippen LogP contribution in [-0.2, 0) is 4.74 Å². The first-order valence-electron chi connectivity index (χ1n) is 9.18. The van der Waals surface area contributed by atoms with E-state index in [-0.39, 0.29) is 6.09 Å². The number of amides is 1. The van der Waals surface area contributed by atoms with Crippen molar-refractivity contribution in [3.8, 4) is 0 Å². The lowest BCUT2D eigenvalue weighted by Crippen LogP contribution is -2.48. The lowest BCUT2D eigenvalue weighted by molar-refractivity contribution is 0.0195. The third-order valence-corrected chi connectivity index (χ3v) is 4.72. The topological polar surface area (TPSA) is 41.6 Å². The van der Waals surface area contributed by atoms with Crippen LogP contribution < -0.4 is 5.32 Å². The van der Waals surface area contributed by atoms with E-state index in [2.05, 4.69) is 5.32 Å². The van der Waals surface area contributed by atoms with Crippen molar-refractivity contribution in [2.45, 2.75) is 96.2 Å². The zero-order valence-electron chi connectivity index (χ0n) is 14.7. The molecule has 1 saturated carbocycles. The van der Waals surface area contributed by atoms with Crippen LogP contribution in [0.1, 0.15) is 78.6 Å². The van der Waals surface area contributed by atoms with Crippen molar-refractivity contribution in [2.75, 3.05) is 13.1 Å². The molecule has 1 aliphatic heterocycles. The molecule has 1 heterocycles. The molecule has 2 aliphatic rings. The lowest BCUT2D eigenvalue weighted by Gasteiger charge is -2.35. The van der Waals surface area contributed by atoms with Crippen LogP contribution in [0.4, 0.5) is 4.79 Å². The molecule has 0 aromatic rings. The van der Waals surface area contributed by atoms with E-state index in [0.717, 1.165) is 25.9 Å². The fraction of sp³-hybridized carbons (Fsp3) is 0.944. The van der Waals surface area contributed by atoms with Crippen LogP contribution in [0.2, 0.25) is 0 Å². The summed E-state index contributed by atoms with van der Waals surface area (Å²) in [7, 11) is 0. The van der Waals surface area contributed by atoms with Gasteiger partial charge in [-0.25, -0.2) is 4.79 Å².